The molecule has 0 heteroatoms. The molecule has 0 aliphatic heterocycles. The lowest BCUT2D eigenvalue weighted by Gasteiger charge is -1.98. The Hall–Kier alpha value is -1.56. The van der Waals surface area contributed by atoms with E-state index in [2.05, 4.69) is 62.4 Å². The lowest BCUT2D eigenvalue weighted by Crippen LogP contribution is -1.73. The first-order valence-corrected chi connectivity index (χ1v) is 6.49. The van der Waals surface area contributed by atoms with Gasteiger partial charge in [0.15, 0.2) is 0 Å². The maximum Gasteiger partial charge on any atom is -0.0184 e. The lowest BCUT2D eigenvalue weighted by molar-refractivity contribution is 1.09. The van der Waals surface area contributed by atoms with Gasteiger partial charge >= 0.3 is 0 Å². The third-order valence-electron chi connectivity index (χ3n) is 1.88. The fourth-order valence-corrected chi connectivity index (χ4v) is 1.26. The van der Waals surface area contributed by atoms with Crippen LogP contribution in [0.15, 0.2) is 60.7 Å². The van der Waals surface area contributed by atoms with E-state index in [-0.39, 0.29) is 0 Å². The van der Waals surface area contributed by atoms with Gasteiger partial charge in [-0.3, -0.25) is 0 Å². The summed E-state index contributed by atoms with van der Waals surface area (Å²) in [4.78, 5) is 0. The first-order valence-electron chi connectivity index (χ1n) is 6.49. The molecular weight excluding hydrogens is 204 g/mol. The average molecular weight is 228 g/mol. The van der Waals surface area contributed by atoms with E-state index < -0.39 is 0 Å². The molecule has 0 radical (unpaired) electrons. The molecule has 2 aromatic carbocycles. The summed E-state index contributed by atoms with van der Waals surface area (Å²) in [6.45, 7) is 8.25. The topological polar surface area (TPSA) is 0 Å². The minimum atomic E-state index is 1.25. The maximum absolute atomic E-state index is 2.12. The van der Waals surface area contributed by atoms with Gasteiger partial charge < -0.3 is 0 Å². The third-order valence-corrected chi connectivity index (χ3v) is 1.88. The van der Waals surface area contributed by atoms with E-state index in [0.717, 1.165) is 0 Å². The van der Waals surface area contributed by atoms with E-state index in [1.165, 1.54) is 17.5 Å². The minimum Gasteiger partial charge on any atom is -0.0683 e. The number of hydrogen-bond donors (Lipinski definition) is 0. The Morgan fingerprint density at radius 2 is 0.824 bits per heavy atom. The van der Waals surface area contributed by atoms with Crippen LogP contribution in [0.3, 0.4) is 0 Å². The van der Waals surface area contributed by atoms with Crippen molar-refractivity contribution in [3.63, 3.8) is 0 Å². The second-order valence-corrected chi connectivity index (χ2v) is 3.44. The summed E-state index contributed by atoms with van der Waals surface area (Å²) in [5.74, 6) is 0. The summed E-state index contributed by atoms with van der Waals surface area (Å²) in [7, 11) is 0. The van der Waals surface area contributed by atoms with E-state index in [4.69, 9.17) is 0 Å². The van der Waals surface area contributed by atoms with Crippen LogP contribution in [0.25, 0.3) is 11.1 Å². The number of benzene rings is 2. The van der Waals surface area contributed by atoms with Crippen molar-refractivity contribution >= 4 is 0 Å². The third kappa shape index (κ3) is 6.57. The molecule has 2 aromatic rings. The molecule has 0 nitrogen and oxygen atoms in total. The van der Waals surface area contributed by atoms with Gasteiger partial charge in [-0.2, -0.15) is 0 Å². The Morgan fingerprint density at radius 3 is 1.06 bits per heavy atom. The first kappa shape index (κ1) is 15.4. The molecule has 0 N–H and O–H groups in total. The molecule has 0 bridgehead atoms. The van der Waals surface area contributed by atoms with Gasteiger partial charge in [0.25, 0.3) is 0 Å². The van der Waals surface area contributed by atoms with Crippen LogP contribution in [0.1, 0.15) is 34.1 Å². The summed E-state index contributed by atoms with van der Waals surface area (Å²) in [6, 6.07) is 20.8. The Bertz CT molecular complexity index is 311. The van der Waals surface area contributed by atoms with E-state index in [9.17, 15) is 0 Å². The molecule has 0 fully saturated rings. The van der Waals surface area contributed by atoms with Crippen molar-refractivity contribution in [2.45, 2.75) is 34.1 Å². The van der Waals surface area contributed by atoms with Crippen LogP contribution in [0.5, 0.6) is 0 Å². The van der Waals surface area contributed by atoms with Gasteiger partial charge in [0.1, 0.15) is 0 Å². The Kier molecular flexibility index (Phi) is 9.94. The molecule has 0 saturated carbocycles. The summed E-state index contributed by atoms with van der Waals surface area (Å²) in [6.07, 6.45) is 1.25. The normalized spacial score (nSPS) is 8.24. The van der Waals surface area contributed by atoms with Crippen molar-refractivity contribution in [1.29, 1.82) is 0 Å². The predicted octanol–water partition coefficient (Wildman–Crippen LogP) is 5.80. The highest BCUT2D eigenvalue weighted by Crippen LogP contribution is 2.17. The number of hydrogen-bond acceptors (Lipinski definition) is 0. The Morgan fingerprint density at radius 1 is 0.588 bits per heavy atom. The van der Waals surface area contributed by atoms with Gasteiger partial charge in [0.2, 0.25) is 0 Å². The molecule has 92 valence electrons. The zero-order chi connectivity index (χ0) is 12.9. The SMILES string of the molecule is CC.CCC.c1ccc(-c2ccccc2)cc1. The minimum absolute atomic E-state index is 1.25. The highest BCUT2D eigenvalue weighted by Gasteiger charge is 1.91. The van der Waals surface area contributed by atoms with Crippen LogP contribution < -0.4 is 0 Å². The smallest absolute Gasteiger partial charge is 0.0184 e. The zero-order valence-corrected chi connectivity index (χ0v) is 11.5. The first-order chi connectivity index (χ1) is 8.38. The monoisotopic (exact) mass is 228 g/mol. The van der Waals surface area contributed by atoms with Gasteiger partial charge in [0, 0.05) is 0 Å². The summed E-state index contributed by atoms with van der Waals surface area (Å²) < 4.78 is 0. The lowest BCUT2D eigenvalue weighted by atomic mass is 10.1. The van der Waals surface area contributed by atoms with E-state index in [1.54, 1.807) is 0 Å². The molecule has 0 unspecified atom stereocenters. The molecular formula is C17H24. The van der Waals surface area contributed by atoms with Crippen LogP contribution >= 0.6 is 0 Å². The molecule has 0 heterocycles. The molecule has 17 heavy (non-hydrogen) atoms. The van der Waals surface area contributed by atoms with Crippen molar-refractivity contribution in [3.05, 3.63) is 60.7 Å². The molecule has 0 aromatic heterocycles. The zero-order valence-electron chi connectivity index (χ0n) is 11.5. The van der Waals surface area contributed by atoms with Crippen molar-refractivity contribution in [3.8, 4) is 11.1 Å². The van der Waals surface area contributed by atoms with Gasteiger partial charge in [-0.1, -0.05) is 94.8 Å². The molecule has 0 saturated heterocycles. The van der Waals surface area contributed by atoms with E-state index in [0.29, 0.717) is 0 Å². The van der Waals surface area contributed by atoms with Crippen LogP contribution in [0.2, 0.25) is 0 Å². The highest BCUT2D eigenvalue weighted by molar-refractivity contribution is 5.62. The quantitative estimate of drug-likeness (QED) is 0.579. The van der Waals surface area contributed by atoms with E-state index in [1.807, 2.05) is 26.0 Å². The molecule has 0 amide bonds. The second kappa shape index (κ2) is 10.9. The Labute approximate surface area is 106 Å². The molecule has 0 aliphatic carbocycles. The maximum atomic E-state index is 2.12. The van der Waals surface area contributed by atoms with Crippen molar-refractivity contribution in [2.24, 2.45) is 0 Å². The van der Waals surface area contributed by atoms with Crippen molar-refractivity contribution in [2.75, 3.05) is 0 Å². The van der Waals surface area contributed by atoms with Gasteiger partial charge in [0.05, 0.1) is 0 Å². The summed E-state index contributed by atoms with van der Waals surface area (Å²) in [5.41, 5.74) is 2.55. The van der Waals surface area contributed by atoms with E-state index >= 15 is 0 Å². The van der Waals surface area contributed by atoms with Gasteiger partial charge in [-0.15, -0.1) is 0 Å². The fraction of sp³-hybridized carbons (Fsp3) is 0.294. The van der Waals surface area contributed by atoms with Crippen LogP contribution in [-0.4, -0.2) is 0 Å². The molecule has 0 aliphatic rings. The fourth-order valence-electron chi connectivity index (χ4n) is 1.26. The van der Waals surface area contributed by atoms with Crippen molar-refractivity contribution < 1.29 is 0 Å². The average Bonchev–Trinajstić information content (AvgIpc) is 2.44. The van der Waals surface area contributed by atoms with Crippen LogP contribution in [0, 0.1) is 0 Å². The molecule has 0 spiro atoms. The highest BCUT2D eigenvalue weighted by atomic mass is 14.0. The molecule has 0 atom stereocenters. The van der Waals surface area contributed by atoms with Crippen molar-refractivity contribution in [1.82, 2.24) is 0 Å². The summed E-state index contributed by atoms with van der Waals surface area (Å²) in [5, 5.41) is 0. The molecule has 2 rings (SSSR count). The largest absolute Gasteiger partial charge is 0.0683 e. The second-order valence-electron chi connectivity index (χ2n) is 3.44. The van der Waals surface area contributed by atoms with Gasteiger partial charge in [-0.25, -0.2) is 0 Å². The van der Waals surface area contributed by atoms with Gasteiger partial charge in [-0.05, 0) is 11.1 Å². The summed E-state index contributed by atoms with van der Waals surface area (Å²) >= 11 is 0. The standard InChI is InChI=1S/C12H10.C3H8.C2H6/c1-3-7-11(8-4-1)12-9-5-2-6-10-12;1-3-2;1-2/h1-10H;3H2,1-2H3;1-2H3. The number of rotatable bonds is 1. The predicted molar refractivity (Wildman–Crippen MR) is 79.2 cm³/mol. The Balaban J connectivity index is 0.000000450. The van der Waals surface area contributed by atoms with Crippen LogP contribution in [-0.2, 0) is 0 Å². The van der Waals surface area contributed by atoms with Crippen LogP contribution in [0.4, 0.5) is 0 Å².